The van der Waals surface area contributed by atoms with Crippen molar-refractivity contribution in [1.29, 1.82) is 0 Å². The Balaban J connectivity index is 1.43. The number of carbonyl (C=O) groups excluding carboxylic acids is 1. The summed E-state index contributed by atoms with van der Waals surface area (Å²) in [5, 5.41) is 10.1. The molecule has 1 fully saturated rings. The van der Waals surface area contributed by atoms with E-state index in [1.54, 1.807) is 18.2 Å². The molecule has 0 bridgehead atoms. The van der Waals surface area contributed by atoms with Gasteiger partial charge in [-0.15, -0.1) is 0 Å². The number of ether oxygens (including phenoxy) is 2. The third-order valence-electron chi connectivity index (χ3n) is 6.62. The first kappa shape index (κ1) is 25.2. The molecule has 0 aromatic heterocycles. The summed E-state index contributed by atoms with van der Waals surface area (Å²) >= 11 is 6.26. The lowest BCUT2D eigenvalue weighted by molar-refractivity contribution is 0.112. The fraction of sp³-hybridized carbons (Fsp3) is 0.345. The van der Waals surface area contributed by atoms with Crippen LogP contribution in [0.5, 0.6) is 11.5 Å². The van der Waals surface area contributed by atoms with Crippen molar-refractivity contribution in [2.75, 3.05) is 26.2 Å². The van der Waals surface area contributed by atoms with E-state index < -0.39 is 0 Å². The van der Waals surface area contributed by atoms with Crippen molar-refractivity contribution in [2.45, 2.75) is 39.4 Å². The van der Waals surface area contributed by atoms with Gasteiger partial charge in [-0.25, -0.2) is 0 Å². The van der Waals surface area contributed by atoms with Crippen LogP contribution < -0.4 is 9.47 Å². The maximum Gasteiger partial charge on any atom is 0.150 e. The summed E-state index contributed by atoms with van der Waals surface area (Å²) in [5.41, 5.74) is 6.11. The zero-order valence-corrected chi connectivity index (χ0v) is 21.1. The molecule has 184 valence electrons. The number of nitrogens with zero attached hydrogens (tertiary/aromatic N) is 1. The minimum atomic E-state index is -0.181. The number of aliphatic hydroxyl groups excluding tert-OH is 1. The Morgan fingerprint density at radius 2 is 1.80 bits per heavy atom. The molecule has 1 heterocycles. The van der Waals surface area contributed by atoms with Crippen LogP contribution in [0.25, 0.3) is 11.1 Å². The summed E-state index contributed by atoms with van der Waals surface area (Å²) in [6.07, 6.45) is 2.38. The molecule has 4 rings (SSSR count). The molecule has 1 aliphatic rings. The number of rotatable bonds is 10. The molecule has 0 saturated carbocycles. The Morgan fingerprint density at radius 3 is 2.51 bits per heavy atom. The van der Waals surface area contributed by atoms with Gasteiger partial charge in [-0.2, -0.15) is 0 Å². The fourth-order valence-corrected chi connectivity index (χ4v) is 4.79. The van der Waals surface area contributed by atoms with Crippen molar-refractivity contribution in [3.05, 3.63) is 81.9 Å². The molecule has 0 radical (unpaired) electrons. The molecule has 35 heavy (non-hydrogen) atoms. The highest BCUT2D eigenvalue weighted by Crippen LogP contribution is 2.34. The number of likely N-dealkylation sites (tertiary alicyclic amines) is 1. The van der Waals surface area contributed by atoms with Gasteiger partial charge in [-0.05, 0) is 78.8 Å². The average molecular weight is 494 g/mol. The highest BCUT2D eigenvalue weighted by Gasteiger charge is 2.19. The summed E-state index contributed by atoms with van der Waals surface area (Å²) in [5.74, 6) is 1.45. The number of hydrogen-bond donors (Lipinski definition) is 1. The van der Waals surface area contributed by atoms with E-state index in [1.807, 2.05) is 18.2 Å². The molecule has 6 heteroatoms. The number of hydrogen-bond acceptors (Lipinski definition) is 5. The lowest BCUT2D eigenvalue weighted by atomic mass is 9.93. The smallest absolute Gasteiger partial charge is 0.150 e. The molecule has 0 amide bonds. The van der Waals surface area contributed by atoms with E-state index in [2.05, 4.69) is 36.9 Å². The predicted molar refractivity (Wildman–Crippen MR) is 140 cm³/mol. The van der Waals surface area contributed by atoms with Crippen molar-refractivity contribution < 1.29 is 19.4 Å². The van der Waals surface area contributed by atoms with Gasteiger partial charge in [0.15, 0.2) is 0 Å². The number of benzene rings is 3. The Bertz CT molecular complexity index is 1180. The highest BCUT2D eigenvalue weighted by molar-refractivity contribution is 6.32. The van der Waals surface area contributed by atoms with Crippen LogP contribution >= 0.6 is 11.6 Å². The Labute approximate surface area is 212 Å². The van der Waals surface area contributed by atoms with Gasteiger partial charge in [0.1, 0.15) is 24.4 Å². The van der Waals surface area contributed by atoms with Crippen molar-refractivity contribution in [2.24, 2.45) is 0 Å². The van der Waals surface area contributed by atoms with Gasteiger partial charge in [-0.1, -0.05) is 41.9 Å². The second kappa shape index (κ2) is 11.7. The molecule has 0 aliphatic carbocycles. The monoisotopic (exact) mass is 493 g/mol. The van der Waals surface area contributed by atoms with Crippen LogP contribution in [0.3, 0.4) is 0 Å². The van der Waals surface area contributed by atoms with E-state index in [0.29, 0.717) is 29.5 Å². The Hall–Kier alpha value is -2.86. The molecular weight excluding hydrogens is 462 g/mol. The van der Waals surface area contributed by atoms with Crippen molar-refractivity contribution in [3.63, 3.8) is 0 Å². The van der Waals surface area contributed by atoms with Gasteiger partial charge in [0, 0.05) is 25.2 Å². The average Bonchev–Trinajstić information content (AvgIpc) is 3.28. The SMILES string of the molecule is Cc1c(COc2ccc(C=O)cc2Cl)cccc1-c1cccc(OCCCN2CCC(O)C2)c1C. The molecule has 0 spiro atoms. The van der Waals surface area contributed by atoms with Crippen LogP contribution in [0.4, 0.5) is 0 Å². The van der Waals surface area contributed by atoms with Gasteiger partial charge >= 0.3 is 0 Å². The number of carbonyl (C=O) groups is 1. The molecule has 1 N–H and O–H groups in total. The van der Waals surface area contributed by atoms with E-state index in [9.17, 15) is 9.90 Å². The highest BCUT2D eigenvalue weighted by atomic mass is 35.5. The zero-order valence-electron chi connectivity index (χ0n) is 20.3. The molecule has 1 unspecified atom stereocenters. The number of aldehydes is 1. The van der Waals surface area contributed by atoms with E-state index in [1.165, 1.54) is 0 Å². The zero-order chi connectivity index (χ0) is 24.8. The Kier molecular flexibility index (Phi) is 8.45. The van der Waals surface area contributed by atoms with Crippen molar-refractivity contribution in [1.82, 2.24) is 4.90 Å². The molecular formula is C29H32ClNO4. The van der Waals surface area contributed by atoms with Gasteiger partial charge in [-0.3, -0.25) is 4.79 Å². The molecule has 1 aliphatic heterocycles. The van der Waals surface area contributed by atoms with Crippen LogP contribution in [0.1, 0.15) is 39.9 Å². The summed E-state index contributed by atoms with van der Waals surface area (Å²) < 4.78 is 12.1. The quantitative estimate of drug-likeness (QED) is 0.283. The summed E-state index contributed by atoms with van der Waals surface area (Å²) in [7, 11) is 0. The third-order valence-corrected chi connectivity index (χ3v) is 6.91. The Morgan fingerprint density at radius 1 is 1.03 bits per heavy atom. The van der Waals surface area contributed by atoms with Crippen LogP contribution in [0.2, 0.25) is 5.02 Å². The van der Waals surface area contributed by atoms with Crippen LogP contribution in [0, 0.1) is 13.8 Å². The normalized spacial score (nSPS) is 15.8. The van der Waals surface area contributed by atoms with Crippen LogP contribution in [-0.4, -0.2) is 48.6 Å². The maximum absolute atomic E-state index is 10.9. The van der Waals surface area contributed by atoms with Gasteiger partial charge in [0.25, 0.3) is 0 Å². The van der Waals surface area contributed by atoms with Gasteiger partial charge < -0.3 is 19.5 Å². The first-order chi connectivity index (χ1) is 17.0. The van der Waals surface area contributed by atoms with E-state index >= 15 is 0 Å². The van der Waals surface area contributed by atoms with E-state index in [4.69, 9.17) is 21.1 Å². The fourth-order valence-electron chi connectivity index (χ4n) is 4.54. The maximum atomic E-state index is 10.9. The molecule has 1 atom stereocenters. The standard InChI is InChI=1S/C29H32ClNO4/c1-20-23(19-35-29-11-10-22(18-32)16-27(29)30)6-3-7-25(20)26-8-4-9-28(21(26)2)34-15-5-13-31-14-12-24(33)17-31/h3-4,6-11,16,18,24,33H,5,12-15,17,19H2,1-2H3. The summed E-state index contributed by atoms with van der Waals surface area (Å²) in [4.78, 5) is 13.2. The van der Waals surface area contributed by atoms with E-state index in [-0.39, 0.29) is 6.10 Å². The second-order valence-corrected chi connectivity index (χ2v) is 9.47. The predicted octanol–water partition coefficient (Wildman–Crippen LogP) is 5.85. The van der Waals surface area contributed by atoms with Gasteiger partial charge in [0.05, 0.1) is 17.7 Å². The molecule has 3 aromatic rings. The topological polar surface area (TPSA) is 59.0 Å². The lowest BCUT2D eigenvalue weighted by Crippen LogP contribution is -2.24. The number of β-amino-alcohol motifs (C(OH)–C–C–N with tert-alkyl or cyclic N) is 1. The minimum Gasteiger partial charge on any atom is -0.493 e. The largest absolute Gasteiger partial charge is 0.493 e. The first-order valence-corrected chi connectivity index (χ1v) is 12.4. The van der Waals surface area contributed by atoms with Crippen LogP contribution in [-0.2, 0) is 6.61 Å². The third kappa shape index (κ3) is 6.23. The minimum absolute atomic E-state index is 0.181. The molecule has 1 saturated heterocycles. The molecule has 5 nitrogen and oxygen atoms in total. The van der Waals surface area contributed by atoms with E-state index in [0.717, 1.165) is 72.3 Å². The van der Waals surface area contributed by atoms with Crippen LogP contribution in [0.15, 0.2) is 54.6 Å². The van der Waals surface area contributed by atoms with Crippen molar-refractivity contribution >= 4 is 17.9 Å². The number of halogens is 1. The lowest BCUT2D eigenvalue weighted by Gasteiger charge is -2.18. The summed E-state index contributed by atoms with van der Waals surface area (Å²) in [6, 6.07) is 17.4. The first-order valence-electron chi connectivity index (χ1n) is 12.1. The second-order valence-electron chi connectivity index (χ2n) is 9.06. The van der Waals surface area contributed by atoms with Gasteiger partial charge in [0.2, 0.25) is 0 Å². The number of aliphatic hydroxyl groups is 1. The summed E-state index contributed by atoms with van der Waals surface area (Å²) in [6.45, 7) is 7.89. The van der Waals surface area contributed by atoms with Crippen molar-refractivity contribution in [3.8, 4) is 22.6 Å². The molecule has 3 aromatic carbocycles.